The minimum Gasteiger partial charge on any atom is -0.352 e. The third kappa shape index (κ3) is 2.75. The molecule has 1 saturated heterocycles. The Kier molecular flexibility index (Phi) is 3.72. The Balaban J connectivity index is 1.41. The van der Waals surface area contributed by atoms with Crippen LogP contribution in [0.5, 0.6) is 0 Å². The van der Waals surface area contributed by atoms with Gasteiger partial charge in [0.1, 0.15) is 0 Å². The van der Waals surface area contributed by atoms with Gasteiger partial charge in [0.15, 0.2) is 5.82 Å². The summed E-state index contributed by atoms with van der Waals surface area (Å²) < 4.78 is 0. The molecule has 1 aliphatic carbocycles. The quantitative estimate of drug-likeness (QED) is 0.928. The zero-order chi connectivity index (χ0) is 16.7. The van der Waals surface area contributed by atoms with Crippen molar-refractivity contribution in [1.82, 2.24) is 20.1 Å². The molecule has 0 spiro atoms. The summed E-state index contributed by atoms with van der Waals surface area (Å²) in [5.41, 5.74) is 2.03. The van der Waals surface area contributed by atoms with Crippen LogP contribution in [0.3, 0.4) is 0 Å². The number of aromatic amines is 1. The summed E-state index contributed by atoms with van der Waals surface area (Å²) in [5, 5.41) is 8.04. The number of carbonyl (C=O) groups excluding carboxylic acids is 1. The summed E-state index contributed by atoms with van der Waals surface area (Å²) in [7, 11) is 0. The van der Waals surface area contributed by atoms with Crippen molar-refractivity contribution >= 4 is 23.3 Å². The number of amides is 1. The summed E-state index contributed by atoms with van der Waals surface area (Å²) in [6.07, 6.45) is 5.56. The number of piperazine rings is 1. The SMILES string of the molecule is CC1(c2cc(N3CCN(C(=O)c4ccncc4Cl)CC3)n[nH]2)CC1. The maximum atomic E-state index is 12.6. The first-order chi connectivity index (χ1) is 11.6. The van der Waals surface area contributed by atoms with Gasteiger partial charge in [-0.15, -0.1) is 0 Å². The zero-order valence-electron chi connectivity index (χ0n) is 13.6. The molecule has 126 valence electrons. The molecule has 2 aliphatic rings. The molecule has 24 heavy (non-hydrogen) atoms. The maximum Gasteiger partial charge on any atom is 0.255 e. The molecule has 2 aromatic heterocycles. The lowest BCUT2D eigenvalue weighted by atomic mass is 10.1. The van der Waals surface area contributed by atoms with Crippen molar-refractivity contribution in [3.8, 4) is 0 Å². The molecule has 0 bridgehead atoms. The molecular formula is C17H20ClN5O. The van der Waals surface area contributed by atoms with E-state index in [9.17, 15) is 4.79 Å². The number of halogens is 1. The van der Waals surface area contributed by atoms with Crippen LogP contribution in [0.2, 0.25) is 5.02 Å². The van der Waals surface area contributed by atoms with Crippen molar-refractivity contribution in [2.24, 2.45) is 0 Å². The fraction of sp³-hybridized carbons (Fsp3) is 0.471. The van der Waals surface area contributed by atoms with Crippen molar-refractivity contribution in [1.29, 1.82) is 0 Å². The Morgan fingerprint density at radius 2 is 2.04 bits per heavy atom. The van der Waals surface area contributed by atoms with Gasteiger partial charge in [-0.2, -0.15) is 5.10 Å². The van der Waals surface area contributed by atoms with Crippen LogP contribution in [0.25, 0.3) is 0 Å². The molecule has 2 fully saturated rings. The Morgan fingerprint density at radius 1 is 1.29 bits per heavy atom. The highest BCUT2D eigenvalue weighted by Crippen LogP contribution is 2.47. The van der Waals surface area contributed by atoms with Gasteiger partial charge >= 0.3 is 0 Å². The Hall–Kier alpha value is -2.08. The average Bonchev–Trinajstić information content (AvgIpc) is 3.16. The van der Waals surface area contributed by atoms with E-state index in [0.29, 0.717) is 29.1 Å². The lowest BCUT2D eigenvalue weighted by Gasteiger charge is -2.34. The van der Waals surface area contributed by atoms with Crippen LogP contribution in [0.4, 0.5) is 5.82 Å². The van der Waals surface area contributed by atoms with Gasteiger partial charge < -0.3 is 9.80 Å². The van der Waals surface area contributed by atoms with E-state index in [4.69, 9.17) is 11.6 Å². The number of nitrogens with zero attached hydrogens (tertiary/aromatic N) is 4. The molecule has 0 radical (unpaired) electrons. The second-order valence-corrected chi connectivity index (χ2v) is 7.24. The monoisotopic (exact) mass is 345 g/mol. The van der Waals surface area contributed by atoms with Gasteiger partial charge in [-0.05, 0) is 18.9 Å². The fourth-order valence-electron chi connectivity index (χ4n) is 3.10. The van der Waals surface area contributed by atoms with Crippen LogP contribution in [-0.2, 0) is 5.41 Å². The Bertz CT molecular complexity index is 762. The van der Waals surface area contributed by atoms with Crippen molar-refractivity contribution < 1.29 is 4.79 Å². The highest BCUT2D eigenvalue weighted by Gasteiger charge is 2.41. The molecule has 0 atom stereocenters. The first-order valence-corrected chi connectivity index (χ1v) is 8.64. The summed E-state index contributed by atoms with van der Waals surface area (Å²) in [4.78, 5) is 20.6. The van der Waals surface area contributed by atoms with E-state index in [1.54, 1.807) is 12.3 Å². The van der Waals surface area contributed by atoms with E-state index in [0.717, 1.165) is 18.9 Å². The van der Waals surface area contributed by atoms with Crippen LogP contribution in [0, 0.1) is 0 Å². The van der Waals surface area contributed by atoms with E-state index < -0.39 is 0 Å². The van der Waals surface area contributed by atoms with Crippen molar-refractivity contribution in [2.45, 2.75) is 25.2 Å². The van der Waals surface area contributed by atoms with Gasteiger partial charge in [0.25, 0.3) is 5.91 Å². The smallest absolute Gasteiger partial charge is 0.255 e. The first kappa shape index (κ1) is 15.4. The lowest BCUT2D eigenvalue weighted by Crippen LogP contribution is -2.49. The first-order valence-electron chi connectivity index (χ1n) is 8.26. The minimum atomic E-state index is -0.0322. The molecule has 6 nitrogen and oxygen atoms in total. The maximum absolute atomic E-state index is 12.6. The third-order valence-electron chi connectivity index (χ3n) is 5.11. The molecule has 4 rings (SSSR count). The Labute approximate surface area is 145 Å². The molecule has 1 amide bonds. The van der Waals surface area contributed by atoms with E-state index in [1.165, 1.54) is 24.7 Å². The Morgan fingerprint density at radius 3 is 2.71 bits per heavy atom. The summed E-state index contributed by atoms with van der Waals surface area (Å²) in [6.45, 7) is 5.14. The third-order valence-corrected chi connectivity index (χ3v) is 5.41. The zero-order valence-corrected chi connectivity index (χ0v) is 14.4. The molecule has 1 N–H and O–H groups in total. The molecule has 0 unspecified atom stereocenters. The molecule has 2 aromatic rings. The van der Waals surface area contributed by atoms with Crippen LogP contribution in [0.15, 0.2) is 24.5 Å². The van der Waals surface area contributed by atoms with Crippen molar-refractivity contribution in [2.75, 3.05) is 31.1 Å². The van der Waals surface area contributed by atoms with Gasteiger partial charge in [-0.3, -0.25) is 14.9 Å². The number of hydrogen-bond donors (Lipinski definition) is 1. The van der Waals surface area contributed by atoms with Crippen LogP contribution < -0.4 is 4.90 Å². The van der Waals surface area contributed by atoms with Gasteiger partial charge in [0.05, 0.1) is 10.6 Å². The van der Waals surface area contributed by atoms with E-state index in [1.807, 2.05) is 4.90 Å². The number of anilines is 1. The van der Waals surface area contributed by atoms with Crippen molar-refractivity contribution in [3.63, 3.8) is 0 Å². The normalized spacial score (nSPS) is 19.4. The molecule has 1 saturated carbocycles. The fourth-order valence-corrected chi connectivity index (χ4v) is 3.30. The molecule has 1 aliphatic heterocycles. The topological polar surface area (TPSA) is 65.1 Å². The van der Waals surface area contributed by atoms with Gasteiger partial charge in [-0.1, -0.05) is 18.5 Å². The van der Waals surface area contributed by atoms with E-state index in [2.05, 4.69) is 33.1 Å². The summed E-state index contributed by atoms with van der Waals surface area (Å²) in [6, 6.07) is 3.83. The van der Waals surface area contributed by atoms with Gasteiger partial charge in [0, 0.05) is 55.7 Å². The lowest BCUT2D eigenvalue weighted by molar-refractivity contribution is 0.0746. The summed E-state index contributed by atoms with van der Waals surface area (Å²) in [5.74, 6) is 0.947. The molecule has 3 heterocycles. The van der Waals surface area contributed by atoms with Crippen LogP contribution in [-0.4, -0.2) is 52.2 Å². The largest absolute Gasteiger partial charge is 0.352 e. The average molecular weight is 346 g/mol. The number of hydrogen-bond acceptors (Lipinski definition) is 4. The number of H-pyrrole nitrogens is 1. The van der Waals surface area contributed by atoms with E-state index >= 15 is 0 Å². The number of rotatable bonds is 3. The highest BCUT2D eigenvalue weighted by atomic mass is 35.5. The predicted octanol–water partition coefficient (Wildman–Crippen LogP) is 2.47. The van der Waals surface area contributed by atoms with Gasteiger partial charge in [-0.25, -0.2) is 0 Å². The molecule has 0 aromatic carbocycles. The van der Waals surface area contributed by atoms with Crippen LogP contribution >= 0.6 is 11.6 Å². The number of nitrogens with one attached hydrogen (secondary N) is 1. The minimum absolute atomic E-state index is 0.0322. The highest BCUT2D eigenvalue weighted by molar-refractivity contribution is 6.33. The number of aromatic nitrogens is 3. The number of pyridine rings is 1. The molecule has 7 heteroatoms. The predicted molar refractivity (Wildman–Crippen MR) is 92.5 cm³/mol. The second-order valence-electron chi connectivity index (χ2n) is 6.84. The molecular weight excluding hydrogens is 326 g/mol. The van der Waals surface area contributed by atoms with Gasteiger partial charge in [0.2, 0.25) is 0 Å². The summed E-state index contributed by atoms with van der Waals surface area (Å²) >= 11 is 6.08. The van der Waals surface area contributed by atoms with Crippen LogP contribution in [0.1, 0.15) is 35.8 Å². The van der Waals surface area contributed by atoms with E-state index in [-0.39, 0.29) is 5.91 Å². The standard InChI is InChI=1S/C17H20ClN5O/c1-17(3-4-17)14-10-15(21-20-14)22-6-8-23(9-7-22)16(24)12-2-5-19-11-13(12)18/h2,5,10-11H,3-4,6-9H2,1H3,(H,20,21). The second kappa shape index (κ2) is 5.77. The number of carbonyl (C=O) groups is 1. The van der Waals surface area contributed by atoms with Crippen molar-refractivity contribution in [3.05, 3.63) is 40.8 Å².